The molecule has 4 aromatic rings. The van der Waals surface area contributed by atoms with Gasteiger partial charge in [-0.3, -0.25) is 53.1 Å². The van der Waals surface area contributed by atoms with Gasteiger partial charge in [0, 0.05) is 23.1 Å². The maximum Gasteiger partial charge on any atom is 0.262 e. The molecule has 328 valence electrons. The van der Waals surface area contributed by atoms with Crippen molar-refractivity contribution in [1.82, 2.24) is 14.7 Å². The summed E-state index contributed by atoms with van der Waals surface area (Å²) in [5, 5.41) is 0. The van der Waals surface area contributed by atoms with Crippen molar-refractivity contribution < 1.29 is 47.8 Å². The highest BCUT2D eigenvalue weighted by Gasteiger charge is 2.50. The van der Waals surface area contributed by atoms with E-state index in [0.29, 0.717) is 35.8 Å². The Kier molecular flexibility index (Phi) is 11.4. The zero-order chi connectivity index (χ0) is 46.6. The molecule has 0 N–H and O–H groups in total. The van der Waals surface area contributed by atoms with E-state index in [0.717, 1.165) is 25.8 Å². The standard InChI is InChI=1S/C51H46BN3O10/c1-6-50(7-2,54-43(58)23-24-44(54)59)29-53-45(60)36-19-17-34(25-38(36)46(53)61)64-32-13-9-30(10-14-32)49(4,5)31-11-15-33(16-12-31)65-35-18-20-37-39(26-35)48(63)55(47(37)62)51(8-3,28-52)27-40-41(56)21-22-42(40)57/h9-26,40H,6-8,27-29H2,1-5H3. The molecule has 0 aromatic heterocycles. The zero-order valence-corrected chi connectivity index (χ0v) is 36.7. The van der Waals surface area contributed by atoms with E-state index in [1.165, 1.54) is 42.5 Å². The lowest BCUT2D eigenvalue weighted by atomic mass is 9.73. The lowest BCUT2D eigenvalue weighted by molar-refractivity contribution is -0.145. The van der Waals surface area contributed by atoms with E-state index < -0.39 is 57.9 Å². The van der Waals surface area contributed by atoms with Gasteiger partial charge in [-0.2, -0.15) is 0 Å². The lowest BCUT2D eigenvalue weighted by Gasteiger charge is -2.41. The quantitative estimate of drug-likeness (QED) is 0.0619. The maximum atomic E-state index is 13.9. The number of hydrogen-bond acceptors (Lipinski definition) is 10. The number of rotatable bonds is 16. The second kappa shape index (κ2) is 16.7. The van der Waals surface area contributed by atoms with Crippen LogP contribution >= 0.6 is 0 Å². The molecule has 0 fully saturated rings. The number of nitrogens with zero attached hydrogens (tertiary/aromatic N) is 3. The Bertz CT molecular complexity index is 2730. The molecule has 4 aliphatic rings. The Hall–Kier alpha value is -7.22. The first-order chi connectivity index (χ1) is 31.0. The molecule has 13 nitrogen and oxygen atoms in total. The Morgan fingerprint density at radius 3 is 1.38 bits per heavy atom. The SMILES string of the molecule is [B]CC(CC)(CC1C(=O)C=CC1=O)N1C(=O)c2ccc(Oc3ccc(C(C)(C)c4ccc(Oc5ccc6c(c5)C(=O)N(CC(CC)(CC)N5C(=O)C=CC5=O)C6=O)cc4)cc3)cc2C1=O. The van der Waals surface area contributed by atoms with Crippen molar-refractivity contribution in [1.29, 1.82) is 0 Å². The van der Waals surface area contributed by atoms with Gasteiger partial charge in [0.25, 0.3) is 35.4 Å². The van der Waals surface area contributed by atoms with E-state index in [2.05, 4.69) is 13.8 Å². The van der Waals surface area contributed by atoms with Gasteiger partial charge in [0.2, 0.25) is 0 Å². The summed E-state index contributed by atoms with van der Waals surface area (Å²) in [7, 11) is 6.18. The predicted octanol–water partition coefficient (Wildman–Crippen LogP) is 7.72. The molecule has 3 heterocycles. The summed E-state index contributed by atoms with van der Waals surface area (Å²) in [6.07, 6.45) is 5.65. The summed E-state index contributed by atoms with van der Waals surface area (Å²) in [5.41, 5.74) is -0.0592. The van der Waals surface area contributed by atoms with Gasteiger partial charge in [-0.05, 0) is 110 Å². The number of ketones is 2. The Morgan fingerprint density at radius 2 is 0.923 bits per heavy atom. The van der Waals surface area contributed by atoms with Crippen molar-refractivity contribution in [2.75, 3.05) is 6.54 Å². The highest BCUT2D eigenvalue weighted by molar-refractivity contribution is 6.24. The van der Waals surface area contributed by atoms with E-state index in [1.54, 1.807) is 25.1 Å². The minimum atomic E-state index is -1.23. The summed E-state index contributed by atoms with van der Waals surface area (Å²) >= 11 is 0. The van der Waals surface area contributed by atoms with Gasteiger partial charge >= 0.3 is 0 Å². The zero-order valence-electron chi connectivity index (χ0n) is 36.7. The van der Waals surface area contributed by atoms with E-state index in [-0.39, 0.29) is 59.5 Å². The first kappa shape index (κ1) is 44.4. The molecule has 4 aromatic carbocycles. The molecule has 14 heteroatoms. The van der Waals surface area contributed by atoms with Crippen LogP contribution in [-0.4, -0.2) is 87.2 Å². The van der Waals surface area contributed by atoms with Crippen LogP contribution in [0.1, 0.15) is 113 Å². The van der Waals surface area contributed by atoms with Crippen LogP contribution in [0.15, 0.2) is 109 Å². The van der Waals surface area contributed by atoms with Crippen molar-refractivity contribution in [3.05, 3.63) is 143 Å². The predicted molar refractivity (Wildman–Crippen MR) is 239 cm³/mol. The minimum absolute atomic E-state index is 0.0576. The highest BCUT2D eigenvalue weighted by atomic mass is 16.5. The number of ether oxygens (including phenoxy) is 2. The summed E-state index contributed by atoms with van der Waals surface area (Å²) in [4.78, 5) is 108. The number of benzene rings is 4. The normalized spacial score (nSPS) is 17.2. The molecular formula is C51H46BN3O10. The van der Waals surface area contributed by atoms with Gasteiger partial charge in [0.1, 0.15) is 23.0 Å². The fraction of sp³-hybridized carbons (Fsp3) is 0.294. The fourth-order valence-electron chi connectivity index (χ4n) is 9.36. The first-order valence-corrected chi connectivity index (χ1v) is 21.6. The van der Waals surface area contributed by atoms with Crippen molar-refractivity contribution in [3.63, 3.8) is 0 Å². The van der Waals surface area contributed by atoms with Crippen molar-refractivity contribution in [3.8, 4) is 23.0 Å². The van der Waals surface area contributed by atoms with Crippen molar-refractivity contribution >= 4 is 54.9 Å². The minimum Gasteiger partial charge on any atom is -0.457 e. The molecule has 8 rings (SSSR count). The van der Waals surface area contributed by atoms with Crippen LogP contribution in [0.2, 0.25) is 6.32 Å². The Labute approximate surface area is 377 Å². The Morgan fingerprint density at radius 1 is 0.508 bits per heavy atom. The first-order valence-electron chi connectivity index (χ1n) is 21.6. The second-order valence-corrected chi connectivity index (χ2v) is 17.4. The van der Waals surface area contributed by atoms with Gasteiger partial charge in [0.15, 0.2) is 11.6 Å². The molecule has 0 bridgehead atoms. The molecule has 1 atom stereocenters. The summed E-state index contributed by atoms with van der Waals surface area (Å²) in [6.45, 7) is 9.44. The van der Waals surface area contributed by atoms with E-state index >= 15 is 0 Å². The van der Waals surface area contributed by atoms with Gasteiger partial charge < -0.3 is 9.47 Å². The number of amides is 6. The second-order valence-electron chi connectivity index (χ2n) is 17.4. The lowest BCUT2D eigenvalue weighted by Crippen LogP contribution is -2.58. The maximum absolute atomic E-state index is 13.9. The molecule has 2 radical (unpaired) electrons. The highest BCUT2D eigenvalue weighted by Crippen LogP contribution is 2.42. The number of fused-ring (bicyclic) bond motifs is 2. The Balaban J connectivity index is 0.921. The van der Waals surface area contributed by atoms with Crippen molar-refractivity contribution in [2.45, 2.75) is 83.1 Å². The third-order valence-electron chi connectivity index (χ3n) is 13.7. The van der Waals surface area contributed by atoms with Gasteiger partial charge in [0.05, 0.1) is 48.1 Å². The van der Waals surface area contributed by atoms with Crippen molar-refractivity contribution in [2.24, 2.45) is 5.92 Å². The van der Waals surface area contributed by atoms with Gasteiger partial charge in [-0.15, -0.1) is 0 Å². The van der Waals surface area contributed by atoms with Crippen LogP contribution in [0.5, 0.6) is 23.0 Å². The molecule has 6 amide bonds. The third kappa shape index (κ3) is 7.50. The van der Waals surface area contributed by atoms with E-state index in [9.17, 15) is 38.4 Å². The van der Waals surface area contributed by atoms with E-state index in [1.807, 2.05) is 62.4 Å². The average molecular weight is 872 g/mol. The number of allylic oxidation sites excluding steroid dienone is 2. The molecule has 3 aliphatic heterocycles. The number of carbonyl (C=O) groups is 8. The van der Waals surface area contributed by atoms with Crippen LogP contribution in [0.4, 0.5) is 0 Å². The summed E-state index contributed by atoms with van der Waals surface area (Å²) in [6, 6.07) is 24.4. The molecule has 65 heavy (non-hydrogen) atoms. The van der Waals surface area contributed by atoms with Crippen LogP contribution in [-0.2, 0) is 24.6 Å². The van der Waals surface area contributed by atoms with Crippen LogP contribution in [0.25, 0.3) is 0 Å². The smallest absolute Gasteiger partial charge is 0.262 e. The van der Waals surface area contributed by atoms with E-state index in [4.69, 9.17) is 17.3 Å². The van der Waals surface area contributed by atoms with Crippen LogP contribution < -0.4 is 9.47 Å². The average Bonchev–Trinajstić information content (AvgIpc) is 3.97. The molecule has 1 unspecified atom stereocenters. The number of carbonyl (C=O) groups excluding carboxylic acids is 8. The van der Waals surface area contributed by atoms with Gasteiger partial charge in [-0.25, -0.2) is 0 Å². The largest absolute Gasteiger partial charge is 0.457 e. The third-order valence-corrected chi connectivity index (χ3v) is 13.7. The van der Waals surface area contributed by atoms with Crippen LogP contribution in [0, 0.1) is 5.92 Å². The summed E-state index contributed by atoms with van der Waals surface area (Å²) < 4.78 is 12.3. The monoisotopic (exact) mass is 871 g/mol. The van der Waals surface area contributed by atoms with Crippen LogP contribution in [0.3, 0.4) is 0 Å². The topological polar surface area (TPSA) is 165 Å². The molecule has 1 aliphatic carbocycles. The fourth-order valence-corrected chi connectivity index (χ4v) is 9.36. The summed E-state index contributed by atoms with van der Waals surface area (Å²) in [5.74, 6) is -3.09. The molecule has 0 saturated heterocycles. The van der Waals surface area contributed by atoms with Gasteiger partial charge in [-0.1, -0.05) is 65.2 Å². The molecule has 0 saturated carbocycles. The molecule has 0 spiro atoms. The number of hydrogen-bond donors (Lipinski definition) is 0. The number of imide groups is 3. The molecular weight excluding hydrogens is 825 g/mol.